The summed E-state index contributed by atoms with van der Waals surface area (Å²) in [5.41, 5.74) is 1.94. The Morgan fingerprint density at radius 1 is 1.08 bits per heavy atom. The fourth-order valence-corrected chi connectivity index (χ4v) is 4.31. The predicted octanol–water partition coefficient (Wildman–Crippen LogP) is 4.17. The van der Waals surface area contributed by atoms with Gasteiger partial charge in [0.15, 0.2) is 0 Å². The zero-order valence-electron chi connectivity index (χ0n) is 14.9. The van der Waals surface area contributed by atoms with Crippen LogP contribution in [0, 0.1) is 11.3 Å². The van der Waals surface area contributed by atoms with Gasteiger partial charge in [-0.15, -0.1) is 13.2 Å². The molecule has 1 rings (SSSR count). The molecule has 0 fully saturated rings. The van der Waals surface area contributed by atoms with Gasteiger partial charge in [0.2, 0.25) is 10.0 Å². The normalized spacial score (nSPS) is 11.8. The summed E-state index contributed by atoms with van der Waals surface area (Å²) < 4.78 is 27.7. The second-order valence-corrected chi connectivity index (χ2v) is 8.20. The molecule has 24 heavy (non-hydrogen) atoms. The number of sulfonamides is 1. The molecule has 0 aliphatic rings. The summed E-state index contributed by atoms with van der Waals surface area (Å²) in [5.74, 6) is 0.0412. The number of nitriles is 1. The first-order valence-corrected chi connectivity index (χ1v) is 9.44. The molecular weight excluding hydrogens is 320 g/mol. The van der Waals surface area contributed by atoms with E-state index in [1.807, 2.05) is 27.7 Å². The van der Waals surface area contributed by atoms with Crippen LogP contribution in [0.25, 0.3) is 0 Å². The van der Waals surface area contributed by atoms with Crippen LogP contribution in [0.15, 0.2) is 42.3 Å². The van der Waals surface area contributed by atoms with Crippen LogP contribution in [0.4, 0.5) is 0 Å². The van der Waals surface area contributed by atoms with Gasteiger partial charge in [0.25, 0.3) is 0 Å². The van der Waals surface area contributed by atoms with Crippen molar-refractivity contribution in [3.8, 4) is 6.07 Å². The van der Waals surface area contributed by atoms with Gasteiger partial charge in [-0.2, -0.15) is 9.57 Å². The zero-order chi connectivity index (χ0) is 18.5. The lowest BCUT2D eigenvalue weighted by atomic mass is 9.92. The Labute approximate surface area is 146 Å². The van der Waals surface area contributed by atoms with Crippen LogP contribution in [0.5, 0.6) is 0 Å². The quantitative estimate of drug-likeness (QED) is 0.664. The highest BCUT2D eigenvalue weighted by Crippen LogP contribution is 2.32. The minimum Gasteiger partial charge on any atom is -0.207 e. The molecule has 130 valence electrons. The number of rotatable bonds is 8. The van der Waals surface area contributed by atoms with Gasteiger partial charge in [-0.25, -0.2) is 8.42 Å². The Kier molecular flexibility index (Phi) is 6.94. The fraction of sp³-hybridized carbons (Fsp3) is 0.421. The third kappa shape index (κ3) is 4.14. The number of nitrogens with zero attached hydrogens (tertiary/aromatic N) is 2. The molecule has 5 heteroatoms. The molecule has 4 nitrogen and oxygen atoms in total. The fourth-order valence-electron chi connectivity index (χ4n) is 2.56. The van der Waals surface area contributed by atoms with E-state index in [-0.39, 0.29) is 29.8 Å². The number of hydrogen-bond donors (Lipinski definition) is 0. The Hall–Kier alpha value is -1.90. The third-order valence-corrected chi connectivity index (χ3v) is 5.72. The van der Waals surface area contributed by atoms with Crippen molar-refractivity contribution in [3.63, 3.8) is 0 Å². The lowest BCUT2D eigenvalue weighted by Crippen LogP contribution is -2.32. The summed E-state index contributed by atoms with van der Waals surface area (Å²) in [6.45, 7) is 15.5. The molecule has 1 aromatic rings. The van der Waals surface area contributed by atoms with Gasteiger partial charge >= 0.3 is 0 Å². The van der Waals surface area contributed by atoms with Crippen molar-refractivity contribution >= 4 is 10.0 Å². The van der Waals surface area contributed by atoms with E-state index in [4.69, 9.17) is 0 Å². The third-order valence-electron chi connectivity index (χ3n) is 3.83. The highest BCUT2D eigenvalue weighted by Gasteiger charge is 2.28. The molecule has 0 unspecified atom stereocenters. The van der Waals surface area contributed by atoms with E-state index >= 15 is 0 Å². The molecule has 0 aromatic heterocycles. The standard InChI is InChI=1S/C19H26N2O2S/c1-7-9-21(10-8-2)24(22,23)19-12-17(14(3)4)16(13-20)11-18(19)15(5)6/h7-8,11-12,14-15H,1-2,9-10H2,3-6H3. The molecule has 0 bridgehead atoms. The lowest BCUT2D eigenvalue weighted by Gasteiger charge is -2.24. The molecule has 0 atom stereocenters. The summed E-state index contributed by atoms with van der Waals surface area (Å²) in [7, 11) is -3.70. The second kappa shape index (κ2) is 8.27. The van der Waals surface area contributed by atoms with Crippen molar-refractivity contribution < 1.29 is 8.42 Å². The van der Waals surface area contributed by atoms with Gasteiger partial charge in [0.1, 0.15) is 0 Å². The molecular formula is C19H26N2O2S. The van der Waals surface area contributed by atoms with Crippen LogP contribution >= 0.6 is 0 Å². The highest BCUT2D eigenvalue weighted by molar-refractivity contribution is 7.89. The van der Waals surface area contributed by atoms with E-state index in [0.717, 1.165) is 5.56 Å². The van der Waals surface area contributed by atoms with Crippen LogP contribution < -0.4 is 0 Å². The zero-order valence-corrected chi connectivity index (χ0v) is 15.7. The van der Waals surface area contributed by atoms with Gasteiger partial charge in [-0.3, -0.25) is 0 Å². The molecule has 0 heterocycles. The van der Waals surface area contributed by atoms with Crippen molar-refractivity contribution in [2.24, 2.45) is 0 Å². The minimum absolute atomic E-state index is 0.0163. The van der Waals surface area contributed by atoms with Gasteiger partial charge in [0, 0.05) is 13.1 Å². The Bertz CT molecular complexity index is 746. The molecule has 0 radical (unpaired) electrons. The van der Waals surface area contributed by atoms with Crippen molar-refractivity contribution in [2.75, 3.05) is 13.1 Å². The van der Waals surface area contributed by atoms with E-state index in [9.17, 15) is 13.7 Å². The first kappa shape index (κ1) is 20.1. The number of hydrogen-bond acceptors (Lipinski definition) is 3. The largest absolute Gasteiger partial charge is 0.243 e. The predicted molar refractivity (Wildman–Crippen MR) is 98.5 cm³/mol. The summed E-state index contributed by atoms with van der Waals surface area (Å²) in [6, 6.07) is 5.56. The van der Waals surface area contributed by atoms with Crippen LogP contribution in [0.1, 0.15) is 56.2 Å². The monoisotopic (exact) mass is 346 g/mol. The van der Waals surface area contributed by atoms with E-state index in [1.54, 1.807) is 24.3 Å². The van der Waals surface area contributed by atoms with Crippen LogP contribution in [-0.4, -0.2) is 25.8 Å². The van der Waals surface area contributed by atoms with Gasteiger partial charge in [0.05, 0.1) is 16.5 Å². The molecule has 0 saturated carbocycles. The first-order valence-electron chi connectivity index (χ1n) is 8.00. The van der Waals surface area contributed by atoms with Crippen molar-refractivity contribution in [1.82, 2.24) is 4.31 Å². The summed E-state index contributed by atoms with van der Waals surface area (Å²) in [5, 5.41) is 9.41. The van der Waals surface area contributed by atoms with Crippen molar-refractivity contribution in [3.05, 3.63) is 54.1 Å². The topological polar surface area (TPSA) is 61.2 Å². The van der Waals surface area contributed by atoms with Crippen molar-refractivity contribution in [2.45, 2.75) is 44.4 Å². The summed E-state index contributed by atoms with van der Waals surface area (Å²) in [6.07, 6.45) is 3.12. The minimum atomic E-state index is -3.70. The average molecular weight is 346 g/mol. The van der Waals surface area contributed by atoms with Crippen LogP contribution in [0.2, 0.25) is 0 Å². The van der Waals surface area contributed by atoms with E-state index < -0.39 is 10.0 Å². The second-order valence-electron chi connectivity index (χ2n) is 6.30. The van der Waals surface area contributed by atoms with E-state index in [2.05, 4.69) is 19.2 Å². The van der Waals surface area contributed by atoms with Gasteiger partial charge < -0.3 is 0 Å². The van der Waals surface area contributed by atoms with Gasteiger partial charge in [-0.1, -0.05) is 39.8 Å². The lowest BCUT2D eigenvalue weighted by molar-refractivity contribution is 0.472. The Morgan fingerprint density at radius 2 is 1.58 bits per heavy atom. The maximum Gasteiger partial charge on any atom is 0.243 e. The first-order chi connectivity index (χ1) is 11.2. The highest BCUT2D eigenvalue weighted by atomic mass is 32.2. The molecule has 1 aromatic carbocycles. The van der Waals surface area contributed by atoms with Crippen molar-refractivity contribution in [1.29, 1.82) is 5.26 Å². The van der Waals surface area contributed by atoms with Crippen LogP contribution in [0.3, 0.4) is 0 Å². The molecule has 0 N–H and O–H groups in total. The molecule has 0 saturated heterocycles. The molecule has 0 aliphatic carbocycles. The Balaban J connectivity index is 3.71. The van der Waals surface area contributed by atoms with E-state index in [1.165, 1.54) is 4.31 Å². The summed E-state index contributed by atoms with van der Waals surface area (Å²) in [4.78, 5) is 0.267. The maximum atomic E-state index is 13.2. The summed E-state index contributed by atoms with van der Waals surface area (Å²) >= 11 is 0. The van der Waals surface area contributed by atoms with Gasteiger partial charge in [-0.05, 0) is 35.1 Å². The van der Waals surface area contributed by atoms with Crippen LogP contribution in [-0.2, 0) is 10.0 Å². The number of benzene rings is 1. The smallest absolute Gasteiger partial charge is 0.207 e. The molecule has 0 amide bonds. The SMILES string of the molecule is C=CCN(CC=C)S(=O)(=O)c1cc(C(C)C)c(C#N)cc1C(C)C. The maximum absolute atomic E-state index is 13.2. The molecule has 0 aliphatic heterocycles. The molecule has 0 spiro atoms. The average Bonchev–Trinajstić information content (AvgIpc) is 2.52. The Morgan fingerprint density at radius 3 is 1.96 bits per heavy atom. The van der Waals surface area contributed by atoms with E-state index in [0.29, 0.717) is 11.1 Å².